The Hall–Kier alpha value is -2.82. The maximum Gasteiger partial charge on any atom is 0.345 e. The number of ketones is 1. The van der Waals surface area contributed by atoms with Crippen LogP contribution >= 0.6 is 0 Å². The molecular weight excluding hydrogens is 318 g/mol. The van der Waals surface area contributed by atoms with Gasteiger partial charge >= 0.3 is 5.97 Å². The molecule has 0 saturated heterocycles. The summed E-state index contributed by atoms with van der Waals surface area (Å²) in [6.07, 6.45) is 3.13. The van der Waals surface area contributed by atoms with Crippen LogP contribution in [0.2, 0.25) is 0 Å². The minimum atomic E-state index is -0.820. The molecule has 1 spiro atoms. The van der Waals surface area contributed by atoms with Crippen LogP contribution in [-0.2, 0) is 19.9 Å². The molecule has 1 N–H and O–H groups in total. The molecular formula is C20H19NO4. The number of fused-ring (bicyclic) bond motifs is 2. The van der Waals surface area contributed by atoms with Gasteiger partial charge in [-0.15, -0.1) is 0 Å². The summed E-state index contributed by atoms with van der Waals surface area (Å²) in [6, 6.07) is 13.4. The third-order valence-corrected chi connectivity index (χ3v) is 5.33. The molecule has 2 aliphatic rings. The Labute approximate surface area is 145 Å². The number of esters is 1. The Morgan fingerprint density at radius 3 is 2.36 bits per heavy atom. The van der Waals surface area contributed by atoms with E-state index >= 15 is 0 Å². The molecule has 0 bridgehead atoms. The quantitative estimate of drug-likeness (QED) is 0.673. The van der Waals surface area contributed by atoms with E-state index in [-0.39, 0.29) is 17.1 Å². The molecule has 2 heterocycles. The number of hydrogen-bond acceptors (Lipinski definition) is 4. The van der Waals surface area contributed by atoms with E-state index in [4.69, 9.17) is 4.74 Å². The van der Waals surface area contributed by atoms with Crippen molar-refractivity contribution < 1.29 is 19.4 Å². The third-order valence-electron chi connectivity index (χ3n) is 5.33. The highest BCUT2D eigenvalue weighted by molar-refractivity contribution is 6.25. The van der Waals surface area contributed by atoms with E-state index in [0.717, 1.165) is 24.1 Å². The van der Waals surface area contributed by atoms with E-state index in [1.165, 1.54) is 7.11 Å². The molecule has 1 aromatic heterocycles. The van der Waals surface area contributed by atoms with Crippen molar-refractivity contribution in [3.63, 3.8) is 0 Å². The second kappa shape index (κ2) is 5.62. The van der Waals surface area contributed by atoms with Crippen LogP contribution in [-0.4, -0.2) is 28.5 Å². The molecule has 0 amide bonds. The van der Waals surface area contributed by atoms with Gasteiger partial charge in [-0.25, -0.2) is 4.79 Å². The Bertz CT molecular complexity index is 886. The molecule has 0 radical (unpaired) electrons. The number of methoxy groups -OCH3 is 1. The van der Waals surface area contributed by atoms with Crippen LogP contribution in [0.1, 0.15) is 31.4 Å². The number of rotatable bonds is 2. The number of carbonyl (C=O) groups is 2. The summed E-state index contributed by atoms with van der Waals surface area (Å²) in [7, 11) is 1.22. The molecule has 1 fully saturated rings. The predicted molar refractivity (Wildman–Crippen MR) is 92.9 cm³/mol. The maximum absolute atomic E-state index is 13.3. The lowest BCUT2D eigenvalue weighted by Crippen LogP contribution is -2.46. The van der Waals surface area contributed by atoms with E-state index in [2.05, 4.69) is 0 Å². The molecule has 25 heavy (non-hydrogen) atoms. The normalized spacial score (nSPS) is 18.5. The second-order valence-electron chi connectivity index (χ2n) is 6.59. The summed E-state index contributed by atoms with van der Waals surface area (Å²) in [6.45, 7) is 0. The fraction of sp³-hybridized carbons (Fsp3) is 0.300. The van der Waals surface area contributed by atoms with Crippen molar-refractivity contribution in [2.24, 2.45) is 0 Å². The molecule has 5 heteroatoms. The molecule has 1 aromatic carbocycles. The monoisotopic (exact) mass is 337 g/mol. The molecule has 1 aliphatic carbocycles. The largest absolute Gasteiger partial charge is 0.505 e. The number of aromatic nitrogens is 1. The van der Waals surface area contributed by atoms with Crippen LogP contribution < -0.4 is 0 Å². The highest BCUT2D eigenvalue weighted by Gasteiger charge is 2.51. The van der Waals surface area contributed by atoms with Gasteiger partial charge in [0, 0.05) is 5.69 Å². The van der Waals surface area contributed by atoms with Crippen LogP contribution in [0.3, 0.4) is 0 Å². The van der Waals surface area contributed by atoms with Crippen LogP contribution in [0.15, 0.2) is 48.0 Å². The zero-order chi connectivity index (χ0) is 17.6. The Morgan fingerprint density at radius 2 is 1.72 bits per heavy atom. The molecule has 4 rings (SSSR count). The van der Waals surface area contributed by atoms with Crippen molar-refractivity contribution in [3.05, 3.63) is 53.7 Å². The first-order chi connectivity index (χ1) is 12.1. The SMILES string of the molecule is COC(=O)C1=C(O)c2ccc(-c3ccccc3)n2C2(CCCC2)C1=O. The second-order valence-corrected chi connectivity index (χ2v) is 6.59. The number of benzene rings is 1. The van der Waals surface area contributed by atoms with Gasteiger partial charge in [0.15, 0.2) is 11.5 Å². The maximum atomic E-state index is 13.3. The standard InChI is InChI=1S/C20H19NO4/c1-25-19(24)16-17(22)15-10-9-14(13-7-3-2-4-8-13)21(15)20(18(16)23)11-5-6-12-20/h2-4,7-10,22H,5-6,11-12H2,1H3. The first-order valence-corrected chi connectivity index (χ1v) is 8.44. The minimum absolute atomic E-state index is 0.227. The van der Waals surface area contributed by atoms with Gasteiger partial charge in [0.1, 0.15) is 11.1 Å². The summed E-state index contributed by atoms with van der Waals surface area (Å²) >= 11 is 0. The highest BCUT2D eigenvalue weighted by Crippen LogP contribution is 2.47. The Kier molecular flexibility index (Phi) is 3.53. The zero-order valence-corrected chi connectivity index (χ0v) is 14.0. The molecule has 1 aliphatic heterocycles. The van der Waals surface area contributed by atoms with Crippen LogP contribution in [0.5, 0.6) is 0 Å². The van der Waals surface area contributed by atoms with Gasteiger partial charge in [-0.1, -0.05) is 43.2 Å². The van der Waals surface area contributed by atoms with E-state index in [0.29, 0.717) is 18.5 Å². The predicted octanol–water partition coefficient (Wildman–Crippen LogP) is 3.45. The Morgan fingerprint density at radius 1 is 1.08 bits per heavy atom. The lowest BCUT2D eigenvalue weighted by Gasteiger charge is -2.37. The zero-order valence-electron chi connectivity index (χ0n) is 14.0. The van der Waals surface area contributed by atoms with E-state index in [1.54, 1.807) is 6.07 Å². The van der Waals surface area contributed by atoms with Gasteiger partial charge in [-0.05, 0) is 30.5 Å². The highest BCUT2D eigenvalue weighted by atomic mass is 16.5. The fourth-order valence-corrected chi connectivity index (χ4v) is 4.19. The molecule has 0 unspecified atom stereocenters. The minimum Gasteiger partial charge on any atom is -0.505 e. The van der Waals surface area contributed by atoms with Gasteiger partial charge in [-0.3, -0.25) is 4.79 Å². The fourth-order valence-electron chi connectivity index (χ4n) is 4.19. The van der Waals surface area contributed by atoms with Gasteiger partial charge in [-0.2, -0.15) is 0 Å². The lowest BCUT2D eigenvalue weighted by molar-refractivity contribution is -0.139. The molecule has 2 aromatic rings. The number of aliphatic hydroxyl groups is 1. The van der Waals surface area contributed by atoms with Crippen LogP contribution in [0.4, 0.5) is 0 Å². The average Bonchev–Trinajstić information content (AvgIpc) is 3.29. The number of hydrogen-bond donors (Lipinski definition) is 1. The molecule has 1 saturated carbocycles. The van der Waals surface area contributed by atoms with Crippen LogP contribution in [0.25, 0.3) is 17.0 Å². The summed E-state index contributed by atoms with van der Waals surface area (Å²) < 4.78 is 6.68. The number of aliphatic hydroxyl groups excluding tert-OH is 1. The summed E-state index contributed by atoms with van der Waals surface area (Å²) in [4.78, 5) is 25.4. The lowest BCUT2D eigenvalue weighted by atomic mass is 9.82. The first kappa shape index (κ1) is 15.7. The van der Waals surface area contributed by atoms with Crippen LogP contribution in [0, 0.1) is 0 Å². The van der Waals surface area contributed by atoms with Gasteiger partial charge < -0.3 is 14.4 Å². The van der Waals surface area contributed by atoms with Crippen molar-refractivity contribution >= 4 is 17.5 Å². The van der Waals surface area contributed by atoms with Crippen molar-refractivity contribution in [1.29, 1.82) is 0 Å². The average molecular weight is 337 g/mol. The smallest absolute Gasteiger partial charge is 0.345 e. The van der Waals surface area contributed by atoms with Crippen molar-refractivity contribution in [3.8, 4) is 11.3 Å². The molecule has 0 atom stereocenters. The van der Waals surface area contributed by atoms with Crippen molar-refractivity contribution in [2.75, 3.05) is 7.11 Å². The topological polar surface area (TPSA) is 68.5 Å². The molecule has 5 nitrogen and oxygen atoms in total. The van der Waals surface area contributed by atoms with E-state index < -0.39 is 11.5 Å². The number of ether oxygens (including phenoxy) is 1. The summed E-state index contributed by atoms with van der Waals surface area (Å²) in [5.74, 6) is -1.41. The van der Waals surface area contributed by atoms with Crippen molar-refractivity contribution in [1.82, 2.24) is 4.57 Å². The molecule has 128 valence electrons. The number of carbonyl (C=O) groups excluding carboxylic acids is 2. The first-order valence-electron chi connectivity index (χ1n) is 8.44. The number of Topliss-reactive ketones (excluding diaryl/α,β-unsaturated/α-hetero) is 1. The number of nitrogens with zero attached hydrogens (tertiary/aromatic N) is 1. The summed E-state index contributed by atoms with van der Waals surface area (Å²) in [5, 5.41) is 10.6. The van der Waals surface area contributed by atoms with Gasteiger partial charge in [0.25, 0.3) is 0 Å². The third kappa shape index (κ3) is 2.08. The summed E-state index contributed by atoms with van der Waals surface area (Å²) in [5.41, 5.74) is 1.30. The van der Waals surface area contributed by atoms with E-state index in [1.807, 2.05) is 41.0 Å². The Balaban J connectivity index is 2.01. The van der Waals surface area contributed by atoms with Gasteiger partial charge in [0.05, 0.1) is 12.8 Å². The van der Waals surface area contributed by atoms with Gasteiger partial charge in [0.2, 0.25) is 0 Å². The van der Waals surface area contributed by atoms with Crippen molar-refractivity contribution in [2.45, 2.75) is 31.2 Å². The van der Waals surface area contributed by atoms with E-state index in [9.17, 15) is 14.7 Å².